The van der Waals surface area contributed by atoms with Crippen LogP contribution in [-0.2, 0) is 26.2 Å². The largest absolute Gasteiger partial charge is 0.443 e. The third-order valence-corrected chi connectivity index (χ3v) is 6.77. The average Bonchev–Trinajstić information content (AvgIpc) is 3.30. The van der Waals surface area contributed by atoms with Crippen molar-refractivity contribution in [1.29, 1.82) is 0 Å². The van der Waals surface area contributed by atoms with Gasteiger partial charge in [0, 0.05) is 35.5 Å². The minimum atomic E-state index is -4.18. The molecular weight excluding hydrogens is 441 g/mol. The molecule has 2 aromatic carbocycles. The van der Waals surface area contributed by atoms with Crippen molar-refractivity contribution in [2.75, 3.05) is 4.72 Å². The Morgan fingerprint density at radius 1 is 1.12 bits per heavy atom. The molecule has 1 atom stereocenters. The first-order valence-electron chi connectivity index (χ1n) is 9.71. The van der Waals surface area contributed by atoms with Crippen molar-refractivity contribution < 1.29 is 31.6 Å². The van der Waals surface area contributed by atoms with Gasteiger partial charge in [-0.2, -0.15) is 8.42 Å². The first-order valence-corrected chi connectivity index (χ1v) is 11.2. The SMILES string of the molecule is O=C1CCC(N2Cc3c(NS(=O)(=O)c4cc5cc(F)ccc5o4)cccc3C2=O)C(=O)N1. The van der Waals surface area contributed by atoms with Crippen molar-refractivity contribution in [2.24, 2.45) is 0 Å². The zero-order chi connectivity index (χ0) is 22.6. The summed E-state index contributed by atoms with van der Waals surface area (Å²) in [5, 5.41) is 2.12. The van der Waals surface area contributed by atoms with Crippen LogP contribution in [0, 0.1) is 5.82 Å². The molecule has 5 rings (SSSR count). The molecule has 3 amide bonds. The van der Waals surface area contributed by atoms with Crippen LogP contribution in [0.1, 0.15) is 28.8 Å². The summed E-state index contributed by atoms with van der Waals surface area (Å²) in [5.74, 6) is -1.90. The summed E-state index contributed by atoms with van der Waals surface area (Å²) < 4.78 is 47.0. The fourth-order valence-corrected chi connectivity index (χ4v) is 5.06. The number of benzene rings is 2. The van der Waals surface area contributed by atoms with Gasteiger partial charge in [0.15, 0.2) is 0 Å². The normalized spacial score (nSPS) is 18.7. The number of nitrogens with zero attached hydrogens (tertiary/aromatic N) is 1. The van der Waals surface area contributed by atoms with Crippen molar-refractivity contribution in [3.05, 3.63) is 59.4 Å². The number of furan rings is 1. The molecule has 3 aromatic rings. The molecule has 1 saturated heterocycles. The first-order chi connectivity index (χ1) is 15.2. The molecule has 0 saturated carbocycles. The average molecular weight is 457 g/mol. The van der Waals surface area contributed by atoms with Crippen molar-refractivity contribution in [1.82, 2.24) is 10.2 Å². The molecule has 164 valence electrons. The maximum Gasteiger partial charge on any atom is 0.295 e. The van der Waals surface area contributed by atoms with E-state index in [0.29, 0.717) is 10.9 Å². The summed E-state index contributed by atoms with van der Waals surface area (Å²) in [4.78, 5) is 37.9. The molecule has 0 bridgehead atoms. The molecule has 32 heavy (non-hydrogen) atoms. The highest BCUT2D eigenvalue weighted by atomic mass is 32.2. The van der Waals surface area contributed by atoms with Gasteiger partial charge in [-0.15, -0.1) is 0 Å². The lowest BCUT2D eigenvalue weighted by Crippen LogP contribution is -2.52. The maximum atomic E-state index is 13.4. The summed E-state index contributed by atoms with van der Waals surface area (Å²) >= 11 is 0. The summed E-state index contributed by atoms with van der Waals surface area (Å²) in [6.07, 6.45) is 0.309. The molecule has 11 heteroatoms. The summed E-state index contributed by atoms with van der Waals surface area (Å²) in [5.41, 5.74) is 1.05. The van der Waals surface area contributed by atoms with E-state index < -0.39 is 44.7 Å². The highest BCUT2D eigenvalue weighted by Gasteiger charge is 2.40. The molecule has 0 radical (unpaired) electrons. The quantitative estimate of drug-likeness (QED) is 0.578. The van der Waals surface area contributed by atoms with Crippen molar-refractivity contribution >= 4 is 44.4 Å². The monoisotopic (exact) mass is 457 g/mol. The van der Waals surface area contributed by atoms with E-state index in [2.05, 4.69) is 10.0 Å². The van der Waals surface area contributed by atoms with E-state index in [1.807, 2.05) is 0 Å². The lowest BCUT2D eigenvalue weighted by molar-refractivity contribution is -0.136. The van der Waals surface area contributed by atoms with Gasteiger partial charge in [-0.3, -0.25) is 24.4 Å². The number of nitrogens with one attached hydrogen (secondary N) is 2. The van der Waals surface area contributed by atoms with Crippen molar-refractivity contribution in [2.45, 2.75) is 30.5 Å². The third-order valence-electron chi connectivity index (χ3n) is 5.55. The third kappa shape index (κ3) is 3.30. The lowest BCUT2D eigenvalue weighted by Gasteiger charge is -2.29. The highest BCUT2D eigenvalue weighted by molar-refractivity contribution is 7.92. The van der Waals surface area contributed by atoms with E-state index in [-0.39, 0.29) is 36.2 Å². The van der Waals surface area contributed by atoms with Crippen LogP contribution in [0.3, 0.4) is 0 Å². The van der Waals surface area contributed by atoms with Gasteiger partial charge in [0.25, 0.3) is 15.9 Å². The molecular formula is C21H16FN3O6S. The maximum absolute atomic E-state index is 13.4. The van der Waals surface area contributed by atoms with Gasteiger partial charge in [-0.1, -0.05) is 6.07 Å². The Morgan fingerprint density at radius 2 is 1.94 bits per heavy atom. The van der Waals surface area contributed by atoms with Crippen LogP contribution in [0.15, 0.2) is 52.0 Å². The van der Waals surface area contributed by atoms with Crippen LogP contribution < -0.4 is 10.0 Å². The van der Waals surface area contributed by atoms with Crippen LogP contribution >= 0.6 is 0 Å². The van der Waals surface area contributed by atoms with Gasteiger partial charge in [0.05, 0.1) is 5.69 Å². The van der Waals surface area contributed by atoms with Gasteiger partial charge in [0.2, 0.25) is 16.9 Å². The number of hydrogen-bond acceptors (Lipinski definition) is 6. The molecule has 0 spiro atoms. The molecule has 2 N–H and O–H groups in total. The zero-order valence-electron chi connectivity index (χ0n) is 16.4. The molecule has 2 aliphatic rings. The number of sulfonamides is 1. The zero-order valence-corrected chi connectivity index (χ0v) is 17.2. The Bertz CT molecular complexity index is 1410. The number of fused-ring (bicyclic) bond motifs is 2. The van der Waals surface area contributed by atoms with Crippen LogP contribution in [0.25, 0.3) is 11.0 Å². The van der Waals surface area contributed by atoms with E-state index in [9.17, 15) is 27.2 Å². The summed E-state index contributed by atoms with van der Waals surface area (Å²) in [6.45, 7) is 0.00444. The second-order valence-corrected chi connectivity index (χ2v) is 9.20. The number of halogens is 1. The van der Waals surface area contributed by atoms with Crippen LogP contribution in [0.4, 0.5) is 10.1 Å². The number of carbonyl (C=O) groups is 3. The summed E-state index contributed by atoms with van der Waals surface area (Å²) in [6, 6.07) is 8.62. The second-order valence-electron chi connectivity index (χ2n) is 7.58. The first kappa shape index (κ1) is 20.2. The summed E-state index contributed by atoms with van der Waals surface area (Å²) in [7, 11) is -4.18. The van der Waals surface area contributed by atoms with E-state index >= 15 is 0 Å². The molecule has 1 aromatic heterocycles. The van der Waals surface area contributed by atoms with Crippen LogP contribution in [0.2, 0.25) is 0 Å². The molecule has 9 nitrogen and oxygen atoms in total. The Kier molecular flexibility index (Phi) is 4.52. The minimum absolute atomic E-state index is 0.00444. The van der Waals surface area contributed by atoms with Gasteiger partial charge < -0.3 is 9.32 Å². The molecule has 0 aliphatic carbocycles. The van der Waals surface area contributed by atoms with Gasteiger partial charge in [-0.05, 0) is 36.8 Å². The number of carbonyl (C=O) groups excluding carboxylic acids is 3. The van der Waals surface area contributed by atoms with Crippen molar-refractivity contribution in [3.8, 4) is 0 Å². The van der Waals surface area contributed by atoms with E-state index in [1.54, 1.807) is 6.07 Å². The van der Waals surface area contributed by atoms with Gasteiger partial charge in [-0.25, -0.2) is 4.39 Å². The number of amides is 3. The Morgan fingerprint density at radius 3 is 2.72 bits per heavy atom. The number of hydrogen-bond donors (Lipinski definition) is 2. The second kappa shape index (κ2) is 7.16. The topological polar surface area (TPSA) is 126 Å². The van der Waals surface area contributed by atoms with Gasteiger partial charge in [0.1, 0.15) is 17.4 Å². The predicted octanol–water partition coefficient (Wildman–Crippen LogP) is 2.13. The number of rotatable bonds is 4. The number of imide groups is 1. The van der Waals surface area contributed by atoms with Crippen molar-refractivity contribution in [3.63, 3.8) is 0 Å². The Hall–Kier alpha value is -3.73. The fraction of sp³-hybridized carbons (Fsp3) is 0.190. The van der Waals surface area contributed by atoms with E-state index in [1.165, 1.54) is 29.2 Å². The Balaban J connectivity index is 1.45. The molecule has 2 aliphatic heterocycles. The minimum Gasteiger partial charge on any atom is -0.443 e. The molecule has 1 fully saturated rings. The van der Waals surface area contributed by atoms with E-state index in [4.69, 9.17) is 4.42 Å². The fourth-order valence-electron chi connectivity index (χ4n) is 4.00. The Labute approximate surface area is 181 Å². The number of anilines is 1. The van der Waals surface area contributed by atoms with E-state index in [0.717, 1.165) is 12.1 Å². The standard InChI is InChI=1S/C21H16FN3O6S/c22-12-4-6-17-11(8-12)9-19(31-17)32(29,30)24-15-3-1-2-13-14(15)10-25(21(13)28)16-5-7-18(26)23-20(16)27/h1-4,6,8-9,16,24H,5,7,10H2,(H,23,26,27). The molecule has 3 heterocycles. The predicted molar refractivity (Wildman–Crippen MR) is 109 cm³/mol. The smallest absolute Gasteiger partial charge is 0.295 e. The lowest BCUT2D eigenvalue weighted by atomic mass is 10.0. The van der Waals surface area contributed by atoms with Gasteiger partial charge >= 0.3 is 0 Å². The van der Waals surface area contributed by atoms with Crippen LogP contribution in [-0.4, -0.2) is 37.1 Å². The van der Waals surface area contributed by atoms with Crippen LogP contribution in [0.5, 0.6) is 0 Å². The molecule has 1 unspecified atom stereocenters. The highest BCUT2D eigenvalue weighted by Crippen LogP contribution is 2.34. The number of piperidine rings is 1.